The van der Waals surface area contributed by atoms with E-state index in [9.17, 15) is 0 Å². The van der Waals surface area contributed by atoms with Gasteiger partial charge < -0.3 is 4.90 Å². The first-order valence-corrected chi connectivity index (χ1v) is 8.06. The highest BCUT2D eigenvalue weighted by Crippen LogP contribution is 2.33. The van der Waals surface area contributed by atoms with Crippen LogP contribution in [-0.2, 0) is 0 Å². The second kappa shape index (κ2) is 6.14. The van der Waals surface area contributed by atoms with Gasteiger partial charge >= 0.3 is 0 Å². The first-order chi connectivity index (χ1) is 11.4. The summed E-state index contributed by atoms with van der Waals surface area (Å²) in [5.41, 5.74) is 4.01. The maximum absolute atomic E-state index is 9.17. The van der Waals surface area contributed by atoms with Crippen molar-refractivity contribution in [2.75, 3.05) is 19.0 Å². The van der Waals surface area contributed by atoms with E-state index >= 15 is 0 Å². The van der Waals surface area contributed by atoms with E-state index in [1.54, 1.807) is 18.3 Å². The Hall–Kier alpha value is -2.58. The number of nitrogens with zero attached hydrogens (tertiary/aromatic N) is 5. The quantitative estimate of drug-likeness (QED) is 0.719. The van der Waals surface area contributed by atoms with E-state index in [2.05, 4.69) is 24.9 Å². The van der Waals surface area contributed by atoms with Gasteiger partial charge in [-0.15, -0.1) is 0 Å². The lowest BCUT2D eigenvalue weighted by atomic mass is 10.1. The molecular formula is C18H18ClN5. The van der Waals surface area contributed by atoms with Gasteiger partial charge in [0, 0.05) is 20.3 Å². The third kappa shape index (κ3) is 2.59. The number of fused-ring (bicyclic) bond motifs is 1. The van der Waals surface area contributed by atoms with Crippen molar-refractivity contribution >= 4 is 28.3 Å². The molecule has 6 heteroatoms. The molecule has 0 N–H and O–H groups in total. The molecule has 3 rings (SSSR count). The van der Waals surface area contributed by atoms with Crippen molar-refractivity contribution in [1.82, 2.24) is 14.8 Å². The minimum Gasteiger partial charge on any atom is -0.376 e. The standard InChI is InChI=1S/C18H18ClN5/c1-11(2)17-16-13(19)7-8-21-18(16)24(22-17)14-6-5-12(10-20)9-15(14)23(3)4/h5-9,11H,1-4H3. The molecule has 122 valence electrons. The van der Waals surface area contributed by atoms with Gasteiger partial charge in [-0.25, -0.2) is 9.67 Å². The third-order valence-corrected chi connectivity index (χ3v) is 4.22. The smallest absolute Gasteiger partial charge is 0.164 e. The van der Waals surface area contributed by atoms with Crippen molar-refractivity contribution in [3.05, 3.63) is 46.7 Å². The van der Waals surface area contributed by atoms with Crippen LogP contribution in [0.15, 0.2) is 30.5 Å². The van der Waals surface area contributed by atoms with Crippen LogP contribution in [0.5, 0.6) is 0 Å². The second-order valence-electron chi connectivity index (χ2n) is 6.15. The summed E-state index contributed by atoms with van der Waals surface area (Å²) in [6.45, 7) is 4.17. The zero-order chi connectivity index (χ0) is 17.4. The molecule has 0 spiro atoms. The minimum absolute atomic E-state index is 0.219. The molecule has 2 aromatic heterocycles. The Morgan fingerprint density at radius 2 is 2.00 bits per heavy atom. The molecule has 0 bridgehead atoms. The minimum atomic E-state index is 0.219. The number of nitriles is 1. The summed E-state index contributed by atoms with van der Waals surface area (Å²) in [5.74, 6) is 0.219. The molecule has 24 heavy (non-hydrogen) atoms. The summed E-state index contributed by atoms with van der Waals surface area (Å²) in [7, 11) is 3.88. The van der Waals surface area contributed by atoms with Crippen LogP contribution in [0.25, 0.3) is 16.7 Å². The lowest BCUT2D eigenvalue weighted by molar-refractivity contribution is 0.775. The molecule has 0 aliphatic rings. The zero-order valence-corrected chi connectivity index (χ0v) is 14.8. The van der Waals surface area contributed by atoms with Gasteiger partial charge in [-0.2, -0.15) is 10.4 Å². The van der Waals surface area contributed by atoms with Gasteiger partial charge in [0.1, 0.15) is 0 Å². The lowest BCUT2D eigenvalue weighted by Crippen LogP contribution is -2.13. The van der Waals surface area contributed by atoms with E-state index < -0.39 is 0 Å². The zero-order valence-electron chi connectivity index (χ0n) is 14.1. The predicted molar refractivity (Wildman–Crippen MR) is 97.0 cm³/mol. The number of halogens is 1. The lowest BCUT2D eigenvalue weighted by Gasteiger charge is -2.18. The van der Waals surface area contributed by atoms with Crippen molar-refractivity contribution in [1.29, 1.82) is 5.26 Å². The van der Waals surface area contributed by atoms with Crippen LogP contribution in [0.3, 0.4) is 0 Å². The fourth-order valence-electron chi connectivity index (χ4n) is 2.73. The molecule has 0 aliphatic carbocycles. The Morgan fingerprint density at radius 1 is 1.25 bits per heavy atom. The average Bonchev–Trinajstić information content (AvgIpc) is 2.95. The monoisotopic (exact) mass is 339 g/mol. The van der Waals surface area contributed by atoms with Crippen molar-refractivity contribution in [3.63, 3.8) is 0 Å². The molecule has 1 aromatic carbocycles. The summed E-state index contributed by atoms with van der Waals surface area (Å²) in [4.78, 5) is 6.46. The molecule has 0 atom stereocenters. The molecule has 0 saturated heterocycles. The van der Waals surface area contributed by atoms with Gasteiger partial charge in [0.25, 0.3) is 0 Å². The van der Waals surface area contributed by atoms with Crippen LogP contribution in [-0.4, -0.2) is 28.9 Å². The Balaban J connectivity index is 2.36. The van der Waals surface area contributed by atoms with Gasteiger partial charge in [0.15, 0.2) is 5.65 Å². The fraction of sp³-hybridized carbons (Fsp3) is 0.278. The SMILES string of the molecule is CC(C)c1nn(-c2ccc(C#N)cc2N(C)C)c2nccc(Cl)c12. The van der Waals surface area contributed by atoms with Crippen LogP contribution >= 0.6 is 11.6 Å². The number of anilines is 1. The molecule has 5 nitrogen and oxygen atoms in total. The first kappa shape index (κ1) is 16.3. The van der Waals surface area contributed by atoms with Crippen LogP contribution < -0.4 is 4.90 Å². The van der Waals surface area contributed by atoms with Crippen LogP contribution in [0.2, 0.25) is 5.02 Å². The van der Waals surface area contributed by atoms with E-state index in [0.717, 1.165) is 28.1 Å². The van der Waals surface area contributed by atoms with Crippen molar-refractivity contribution < 1.29 is 0 Å². The molecule has 0 aliphatic heterocycles. The average molecular weight is 340 g/mol. The number of aromatic nitrogens is 3. The summed E-state index contributed by atoms with van der Waals surface area (Å²) in [6.07, 6.45) is 1.69. The third-order valence-electron chi connectivity index (χ3n) is 3.91. The van der Waals surface area contributed by atoms with Crippen LogP contribution in [0.4, 0.5) is 5.69 Å². The van der Waals surface area contributed by atoms with E-state index in [4.69, 9.17) is 22.0 Å². The van der Waals surface area contributed by atoms with Crippen molar-refractivity contribution in [3.8, 4) is 11.8 Å². The van der Waals surface area contributed by atoms with Gasteiger partial charge in [-0.1, -0.05) is 25.4 Å². The highest BCUT2D eigenvalue weighted by atomic mass is 35.5. The maximum Gasteiger partial charge on any atom is 0.164 e. The van der Waals surface area contributed by atoms with Crippen LogP contribution in [0, 0.1) is 11.3 Å². The molecule has 0 saturated carbocycles. The number of benzene rings is 1. The first-order valence-electron chi connectivity index (χ1n) is 7.69. The summed E-state index contributed by atoms with van der Waals surface area (Å²) in [6, 6.07) is 9.50. The molecule has 3 aromatic rings. The molecule has 0 fully saturated rings. The van der Waals surface area contributed by atoms with E-state index in [0.29, 0.717) is 10.6 Å². The topological polar surface area (TPSA) is 57.7 Å². The largest absolute Gasteiger partial charge is 0.376 e. The molecule has 0 amide bonds. The Labute approximate surface area is 146 Å². The van der Waals surface area contributed by atoms with E-state index in [1.807, 2.05) is 35.8 Å². The molecule has 2 heterocycles. The number of rotatable bonds is 3. The predicted octanol–water partition coefficient (Wildman–Crippen LogP) is 4.13. The van der Waals surface area contributed by atoms with Gasteiger partial charge in [-0.05, 0) is 30.2 Å². The van der Waals surface area contributed by atoms with E-state index in [1.165, 1.54) is 0 Å². The Kier molecular flexibility index (Phi) is 4.16. The normalized spacial score (nSPS) is 11.0. The maximum atomic E-state index is 9.17. The van der Waals surface area contributed by atoms with E-state index in [-0.39, 0.29) is 5.92 Å². The Morgan fingerprint density at radius 3 is 2.62 bits per heavy atom. The van der Waals surface area contributed by atoms with Gasteiger partial charge in [0.2, 0.25) is 0 Å². The number of hydrogen-bond donors (Lipinski definition) is 0. The van der Waals surface area contributed by atoms with Crippen molar-refractivity contribution in [2.45, 2.75) is 19.8 Å². The number of pyridine rings is 1. The number of hydrogen-bond acceptors (Lipinski definition) is 4. The summed E-state index contributed by atoms with van der Waals surface area (Å²) in [5, 5.41) is 15.5. The van der Waals surface area contributed by atoms with Gasteiger partial charge in [0.05, 0.1) is 39.1 Å². The molecule has 0 radical (unpaired) electrons. The van der Waals surface area contributed by atoms with Crippen LogP contribution in [0.1, 0.15) is 31.0 Å². The van der Waals surface area contributed by atoms with Gasteiger partial charge in [-0.3, -0.25) is 0 Å². The highest BCUT2D eigenvalue weighted by molar-refractivity contribution is 6.35. The summed E-state index contributed by atoms with van der Waals surface area (Å²) >= 11 is 6.41. The molecular weight excluding hydrogens is 322 g/mol. The summed E-state index contributed by atoms with van der Waals surface area (Å²) < 4.78 is 1.81. The fourth-order valence-corrected chi connectivity index (χ4v) is 2.97. The highest BCUT2D eigenvalue weighted by Gasteiger charge is 2.20. The van der Waals surface area contributed by atoms with Crippen molar-refractivity contribution in [2.24, 2.45) is 0 Å². The molecule has 0 unspecified atom stereocenters. The Bertz CT molecular complexity index is 950. The second-order valence-corrected chi connectivity index (χ2v) is 6.56.